The summed E-state index contributed by atoms with van der Waals surface area (Å²) in [5.41, 5.74) is 6.75. The van der Waals surface area contributed by atoms with E-state index in [4.69, 9.17) is 23.2 Å². The molecular formula is C20H24FN5O5S. The van der Waals surface area contributed by atoms with Gasteiger partial charge in [0, 0.05) is 41.1 Å². The Morgan fingerprint density at radius 1 is 1.28 bits per heavy atom. The first-order valence-corrected chi connectivity index (χ1v) is 11.1. The highest BCUT2D eigenvalue weighted by Gasteiger charge is 2.20. The Morgan fingerprint density at radius 3 is 2.44 bits per heavy atom. The maximum absolute atomic E-state index is 14.4. The van der Waals surface area contributed by atoms with Crippen molar-refractivity contribution >= 4 is 27.7 Å². The number of halogens is 1. The topological polar surface area (TPSA) is 165 Å². The first-order chi connectivity index (χ1) is 14.7. The van der Waals surface area contributed by atoms with Crippen LogP contribution >= 0.6 is 0 Å². The van der Waals surface area contributed by atoms with Crippen LogP contribution < -0.4 is 16.0 Å². The Kier molecular flexibility index (Phi) is 7.65. The molecule has 0 fully saturated rings. The fourth-order valence-corrected chi connectivity index (χ4v) is 2.40. The number of nitrogen functional groups attached to an aromatic ring is 1. The van der Waals surface area contributed by atoms with E-state index in [1.165, 1.54) is 12.3 Å². The molecular weight excluding hydrogens is 441 g/mol. The van der Waals surface area contributed by atoms with Crippen molar-refractivity contribution < 1.29 is 31.7 Å². The summed E-state index contributed by atoms with van der Waals surface area (Å²) in [6.07, 6.45) is 3.57. The summed E-state index contributed by atoms with van der Waals surface area (Å²) in [7, 11) is -3.92. The van der Waals surface area contributed by atoms with Gasteiger partial charge >= 0.3 is 0 Å². The summed E-state index contributed by atoms with van der Waals surface area (Å²) < 4.78 is 46.8. The van der Waals surface area contributed by atoms with Gasteiger partial charge < -0.3 is 14.4 Å². The summed E-state index contributed by atoms with van der Waals surface area (Å²) in [6.45, 7) is 5.91. The summed E-state index contributed by atoms with van der Waals surface area (Å²) in [5.74, 6) is 0.452. The number of nitrogens with two attached hydrogens (primary N) is 1. The third-order valence-corrected chi connectivity index (χ3v) is 3.93. The molecule has 3 aromatic rings. The zero-order valence-electron chi connectivity index (χ0n) is 18.0. The van der Waals surface area contributed by atoms with E-state index >= 15 is 0 Å². The van der Waals surface area contributed by atoms with Gasteiger partial charge in [0.25, 0.3) is 5.82 Å². The van der Waals surface area contributed by atoms with E-state index < -0.39 is 21.8 Å². The third kappa shape index (κ3) is 8.04. The minimum atomic E-state index is -3.92. The van der Waals surface area contributed by atoms with Crippen molar-refractivity contribution in [2.45, 2.75) is 32.6 Å². The van der Waals surface area contributed by atoms with Gasteiger partial charge in [-0.05, 0) is 12.1 Å². The third-order valence-electron chi connectivity index (χ3n) is 3.93. The van der Waals surface area contributed by atoms with Crippen molar-refractivity contribution in [3.63, 3.8) is 0 Å². The smallest absolute Gasteiger partial charge is 0.270 e. The van der Waals surface area contributed by atoms with E-state index in [1.54, 1.807) is 24.4 Å². The van der Waals surface area contributed by atoms with Gasteiger partial charge in [-0.2, -0.15) is 0 Å². The molecule has 0 bridgehead atoms. The van der Waals surface area contributed by atoms with E-state index in [0.29, 0.717) is 29.2 Å². The lowest BCUT2D eigenvalue weighted by molar-refractivity contribution is -0.359. The lowest BCUT2D eigenvalue weighted by atomic mass is 9.93. The van der Waals surface area contributed by atoms with Crippen LogP contribution in [0.5, 0.6) is 0 Å². The van der Waals surface area contributed by atoms with Crippen molar-refractivity contribution in [2.75, 3.05) is 17.3 Å². The fourth-order valence-electron chi connectivity index (χ4n) is 2.40. The number of aromatic amines is 1. The Balaban J connectivity index is 0.000000654. The number of pyridine rings is 2. The number of hydrogen-bond acceptors (Lipinski definition) is 8. The van der Waals surface area contributed by atoms with Gasteiger partial charge in [0.1, 0.15) is 11.6 Å². The van der Waals surface area contributed by atoms with Crippen LogP contribution in [0.2, 0.25) is 0 Å². The van der Waals surface area contributed by atoms with Crippen molar-refractivity contribution in [1.82, 2.24) is 10.1 Å². The molecule has 4 N–H and O–H groups in total. The van der Waals surface area contributed by atoms with Gasteiger partial charge in [-0.25, -0.2) is 17.8 Å². The number of H-pyrrole nitrogens is 1. The standard InChI is InChI=1S/C19H20FN5O2.CH4O3S/c1-19(2,3)15-8-17(25-27-15)24-18(26)7-14-13(20)6-12(10-22-14)11-4-5-16(21)23-9-11;1-5(2,3)4/h4-6,8-10H,7H2,1-3H3,(H2,21,23)(H,24,25,26);1H3,(H,2,3,4). The highest BCUT2D eigenvalue weighted by atomic mass is 32.2. The van der Waals surface area contributed by atoms with E-state index in [2.05, 4.69) is 20.4 Å². The van der Waals surface area contributed by atoms with Crippen molar-refractivity contribution in [3.8, 4) is 11.1 Å². The molecule has 0 saturated carbocycles. The van der Waals surface area contributed by atoms with Crippen molar-refractivity contribution in [1.29, 1.82) is 0 Å². The van der Waals surface area contributed by atoms with E-state index in [1.807, 2.05) is 20.8 Å². The highest BCUT2D eigenvalue weighted by molar-refractivity contribution is 7.84. The molecule has 0 aromatic carbocycles. The molecule has 0 unspecified atom stereocenters. The van der Waals surface area contributed by atoms with Gasteiger partial charge in [0.15, 0.2) is 5.82 Å². The maximum atomic E-state index is 14.4. The molecule has 0 atom stereocenters. The van der Waals surface area contributed by atoms with Gasteiger partial charge in [0.2, 0.25) is 5.91 Å². The molecule has 0 spiro atoms. The number of amides is 1. The minimum Gasteiger partial charge on any atom is -0.748 e. The largest absolute Gasteiger partial charge is 0.748 e. The number of anilines is 2. The van der Waals surface area contributed by atoms with Crippen LogP contribution in [-0.4, -0.2) is 35.3 Å². The van der Waals surface area contributed by atoms with Gasteiger partial charge in [-0.15, -0.1) is 0 Å². The lowest BCUT2D eigenvalue weighted by Gasteiger charge is -2.12. The number of carbonyl (C=O) groups excluding carboxylic acids is 1. The van der Waals surface area contributed by atoms with Gasteiger partial charge in [0.05, 0.1) is 28.4 Å². The Labute approximate surface area is 184 Å². The predicted molar refractivity (Wildman–Crippen MR) is 114 cm³/mol. The zero-order chi connectivity index (χ0) is 24.1. The number of hydrogen-bond donors (Lipinski definition) is 2. The predicted octanol–water partition coefficient (Wildman–Crippen LogP) is 1.91. The van der Waals surface area contributed by atoms with Crippen LogP contribution in [0.15, 0.2) is 41.2 Å². The quantitative estimate of drug-likeness (QED) is 0.551. The highest BCUT2D eigenvalue weighted by Crippen LogP contribution is 2.24. The number of rotatable bonds is 4. The van der Waals surface area contributed by atoms with Crippen molar-refractivity contribution in [3.05, 3.63) is 53.9 Å². The summed E-state index contributed by atoms with van der Waals surface area (Å²) in [6, 6.07) is 6.43. The monoisotopic (exact) mass is 465 g/mol. The normalized spacial score (nSPS) is 11.4. The van der Waals surface area contributed by atoms with Gasteiger partial charge in [-0.3, -0.25) is 15.5 Å². The lowest BCUT2D eigenvalue weighted by Crippen LogP contribution is -2.16. The molecule has 0 radical (unpaired) electrons. The van der Waals surface area contributed by atoms with Crippen LogP contribution in [0.1, 0.15) is 32.2 Å². The Morgan fingerprint density at radius 2 is 1.94 bits per heavy atom. The van der Waals surface area contributed by atoms with E-state index in [9.17, 15) is 9.18 Å². The molecule has 1 amide bonds. The Bertz CT molecular complexity index is 1180. The molecule has 3 heterocycles. The molecule has 0 saturated heterocycles. The van der Waals surface area contributed by atoms with Crippen LogP contribution in [0.3, 0.4) is 0 Å². The minimum absolute atomic E-state index is 0.0511. The summed E-state index contributed by atoms with van der Waals surface area (Å²) >= 11 is 0. The molecule has 3 rings (SSSR count). The molecule has 3 aromatic heterocycles. The molecule has 0 aliphatic heterocycles. The van der Waals surface area contributed by atoms with Gasteiger partial charge in [-0.1, -0.05) is 25.9 Å². The second-order valence-corrected chi connectivity index (χ2v) is 9.35. The van der Waals surface area contributed by atoms with Crippen LogP contribution in [0.4, 0.5) is 16.0 Å². The van der Waals surface area contributed by atoms with Crippen LogP contribution in [0.25, 0.3) is 11.1 Å². The van der Waals surface area contributed by atoms with E-state index in [-0.39, 0.29) is 17.5 Å². The number of nitrogens with zero attached hydrogens (tertiary/aromatic N) is 2. The van der Waals surface area contributed by atoms with Crippen LogP contribution in [0, 0.1) is 5.82 Å². The molecule has 12 heteroatoms. The number of aromatic nitrogens is 3. The van der Waals surface area contributed by atoms with Crippen molar-refractivity contribution in [2.24, 2.45) is 0 Å². The fraction of sp³-hybridized carbons (Fsp3) is 0.300. The average molecular weight is 466 g/mol. The average Bonchev–Trinajstić information content (AvgIpc) is 3.11. The Hall–Kier alpha value is -3.38. The SMILES string of the molecule is CC(C)(C)c1cc(NC(=O)Cc2ncc(-c3ccc(N)[nH+]c3)cc2F)no1.CS(=O)(=O)[O-]. The molecule has 32 heavy (non-hydrogen) atoms. The first-order valence-electron chi connectivity index (χ1n) is 9.32. The number of carbonyl (C=O) groups is 1. The molecule has 10 nitrogen and oxygen atoms in total. The first kappa shape index (κ1) is 24.9. The molecule has 172 valence electrons. The summed E-state index contributed by atoms with van der Waals surface area (Å²) in [5, 5.41) is 6.41. The second kappa shape index (κ2) is 9.83. The van der Waals surface area contributed by atoms with E-state index in [0.717, 1.165) is 5.56 Å². The number of nitrogens with one attached hydrogen (secondary N) is 2. The zero-order valence-corrected chi connectivity index (χ0v) is 18.8. The summed E-state index contributed by atoms with van der Waals surface area (Å²) in [4.78, 5) is 19.1. The molecule has 0 aliphatic carbocycles. The van der Waals surface area contributed by atoms with Crippen LogP contribution in [-0.2, 0) is 26.7 Å². The molecule has 0 aliphatic rings. The second-order valence-electron chi connectivity index (χ2n) is 7.94. The maximum Gasteiger partial charge on any atom is 0.270 e.